The zero-order valence-electron chi connectivity index (χ0n) is 12.2. The second-order valence-corrected chi connectivity index (χ2v) is 9.40. The average molecular weight is 450 g/mol. The van der Waals surface area contributed by atoms with Crippen LogP contribution in [0.3, 0.4) is 0 Å². The van der Waals surface area contributed by atoms with Gasteiger partial charge in [0.05, 0.1) is 0 Å². The minimum Gasteiger partial charge on any atom is -0.366 e. The van der Waals surface area contributed by atoms with E-state index in [4.69, 9.17) is 74.3 Å². The van der Waals surface area contributed by atoms with Gasteiger partial charge in [0.1, 0.15) is 5.60 Å². The molecule has 0 radical (unpaired) electrons. The van der Waals surface area contributed by atoms with Gasteiger partial charge in [-0.05, 0) is 11.6 Å². The quantitative estimate of drug-likeness (QED) is 0.576. The largest absolute Gasteiger partial charge is 0.366 e. The third kappa shape index (κ3) is 4.36. The van der Waals surface area contributed by atoms with Gasteiger partial charge in [-0.15, -0.1) is 0 Å². The van der Waals surface area contributed by atoms with E-state index in [1.54, 1.807) is 12.2 Å². The summed E-state index contributed by atoms with van der Waals surface area (Å²) in [6, 6.07) is 0. The maximum Gasteiger partial charge on any atom is 0.250 e. The third-order valence-electron chi connectivity index (χ3n) is 3.31. The molecule has 1 aromatic heterocycles. The topological polar surface area (TPSA) is 47.9 Å². The van der Waals surface area contributed by atoms with Crippen LogP contribution in [0.4, 0.5) is 0 Å². The Balaban J connectivity index is 2.62. The lowest BCUT2D eigenvalue weighted by Gasteiger charge is -2.30. The number of allylic oxidation sites excluding steroid dienone is 3. The molecule has 4 nitrogen and oxygen atoms in total. The van der Waals surface area contributed by atoms with Gasteiger partial charge in [-0.3, -0.25) is 0 Å². The molecule has 10 heteroatoms. The van der Waals surface area contributed by atoms with E-state index in [0.717, 1.165) is 5.57 Å². The number of hydrogen-bond acceptors (Lipinski definition) is 4. The fourth-order valence-electron chi connectivity index (χ4n) is 2.01. The van der Waals surface area contributed by atoms with Gasteiger partial charge in [0.2, 0.25) is 7.59 Å². The number of aromatic nitrogens is 3. The third-order valence-corrected chi connectivity index (χ3v) is 4.32. The summed E-state index contributed by atoms with van der Waals surface area (Å²) in [6.45, 7) is 3.72. The normalized spacial score (nSPS) is 21.5. The van der Waals surface area contributed by atoms with E-state index in [9.17, 15) is 0 Å². The van der Waals surface area contributed by atoms with Gasteiger partial charge in [-0.2, -0.15) is 0 Å². The van der Waals surface area contributed by atoms with E-state index < -0.39 is 13.2 Å². The minimum atomic E-state index is -1.92. The molecule has 1 heterocycles. The summed E-state index contributed by atoms with van der Waals surface area (Å²) in [6.07, 6.45) is 7.62. The highest BCUT2D eigenvalue weighted by Crippen LogP contribution is 2.42. The molecule has 0 saturated carbocycles. The predicted octanol–water partition coefficient (Wildman–Crippen LogP) is 5.44. The van der Waals surface area contributed by atoms with Crippen molar-refractivity contribution in [1.29, 1.82) is 0 Å². The first-order valence-corrected chi connectivity index (χ1v) is 8.76. The maximum absolute atomic E-state index is 5.89. The summed E-state index contributed by atoms with van der Waals surface area (Å²) in [5.41, 5.74) is -0.0787. The van der Waals surface area contributed by atoms with Crippen LogP contribution in [0.1, 0.15) is 23.9 Å². The Kier molecular flexibility index (Phi) is 6.14. The molecule has 1 atom stereocenters. The molecule has 0 N–H and O–H groups in total. The predicted molar refractivity (Wildman–Crippen MR) is 99.0 cm³/mol. The van der Waals surface area contributed by atoms with Crippen LogP contribution < -0.4 is 0 Å². The highest BCUT2D eigenvalue weighted by Gasteiger charge is 2.39. The van der Waals surface area contributed by atoms with Crippen LogP contribution in [-0.2, 0) is 17.9 Å². The molecule has 1 aliphatic rings. The van der Waals surface area contributed by atoms with Crippen LogP contribution in [0.2, 0.25) is 0 Å². The van der Waals surface area contributed by atoms with Gasteiger partial charge in [0.25, 0.3) is 0 Å². The molecule has 24 heavy (non-hydrogen) atoms. The molecule has 0 spiro atoms. The van der Waals surface area contributed by atoms with E-state index in [-0.39, 0.29) is 17.5 Å². The van der Waals surface area contributed by atoms with Crippen molar-refractivity contribution in [3.05, 3.63) is 53.9 Å². The van der Waals surface area contributed by atoms with Crippen LogP contribution >= 0.6 is 69.6 Å². The molecule has 0 aliphatic heterocycles. The van der Waals surface area contributed by atoms with Gasteiger partial charge in [0, 0.05) is 13.5 Å². The van der Waals surface area contributed by atoms with E-state index in [2.05, 4.69) is 21.5 Å². The summed E-state index contributed by atoms with van der Waals surface area (Å²) >= 11 is 35.3. The number of methoxy groups -OCH3 is 1. The lowest BCUT2D eigenvalue weighted by molar-refractivity contribution is 0.0222. The van der Waals surface area contributed by atoms with Crippen molar-refractivity contribution >= 4 is 69.6 Å². The zero-order chi connectivity index (χ0) is 18.2. The second kappa shape index (κ2) is 7.28. The van der Waals surface area contributed by atoms with Crippen molar-refractivity contribution in [2.45, 2.75) is 19.6 Å². The van der Waals surface area contributed by atoms with Crippen molar-refractivity contribution < 1.29 is 4.74 Å². The van der Waals surface area contributed by atoms with E-state index in [0.29, 0.717) is 6.42 Å². The Labute approximate surface area is 169 Å². The Bertz CT molecular complexity index is 675. The number of halogens is 6. The van der Waals surface area contributed by atoms with Crippen molar-refractivity contribution in [3.63, 3.8) is 0 Å². The van der Waals surface area contributed by atoms with Gasteiger partial charge in [0.15, 0.2) is 17.5 Å². The number of nitrogens with zero attached hydrogens (tertiary/aromatic N) is 3. The summed E-state index contributed by atoms with van der Waals surface area (Å²) in [7, 11) is 1.50. The van der Waals surface area contributed by atoms with E-state index >= 15 is 0 Å². The smallest absolute Gasteiger partial charge is 0.250 e. The fourth-order valence-corrected chi connectivity index (χ4v) is 2.52. The molecule has 1 aromatic rings. The minimum absolute atomic E-state index is 0.165. The SMILES string of the molecule is C=CC1=CCC(OC)(c2nc(C(Cl)(Cl)Cl)nc(C(Cl)(Cl)Cl)n2)C=C1. The summed E-state index contributed by atoms with van der Waals surface area (Å²) in [5, 5.41) is 0. The number of alkyl halides is 6. The van der Waals surface area contributed by atoms with Crippen molar-refractivity contribution in [1.82, 2.24) is 15.0 Å². The molecule has 2 rings (SSSR count). The number of ether oxygens (including phenoxy) is 1. The Morgan fingerprint density at radius 1 is 1.08 bits per heavy atom. The van der Waals surface area contributed by atoms with Crippen LogP contribution in [0.25, 0.3) is 0 Å². The molecular weight excluding hydrogens is 439 g/mol. The van der Waals surface area contributed by atoms with Crippen molar-refractivity contribution in [2.24, 2.45) is 0 Å². The summed E-state index contributed by atoms with van der Waals surface area (Å²) in [5.74, 6) is -0.164. The van der Waals surface area contributed by atoms with Crippen LogP contribution in [0.5, 0.6) is 0 Å². The Morgan fingerprint density at radius 2 is 1.62 bits per heavy atom. The molecule has 0 saturated heterocycles. The van der Waals surface area contributed by atoms with Gasteiger partial charge >= 0.3 is 0 Å². The molecule has 0 amide bonds. The fraction of sp³-hybridized carbons (Fsp3) is 0.357. The lowest BCUT2D eigenvalue weighted by atomic mass is 9.91. The molecular formula is C14H11Cl6N3O. The van der Waals surface area contributed by atoms with Crippen LogP contribution in [0, 0.1) is 0 Å². The highest BCUT2D eigenvalue weighted by molar-refractivity contribution is 6.67. The summed E-state index contributed by atoms with van der Waals surface area (Å²) in [4.78, 5) is 12.4. The zero-order valence-corrected chi connectivity index (χ0v) is 16.8. The average Bonchev–Trinajstić information content (AvgIpc) is 2.53. The lowest BCUT2D eigenvalue weighted by Crippen LogP contribution is -2.32. The molecule has 1 aliphatic carbocycles. The number of rotatable bonds is 3. The standard InChI is InChI=1S/C14H11Cl6N3O/c1-3-8-4-6-12(24-2,7-5-8)9-21-10(13(15,16)17)23-11(22-9)14(18,19)20/h3-6H,1,7H2,2H3. The first kappa shape index (κ1) is 20.2. The monoisotopic (exact) mass is 447 g/mol. The van der Waals surface area contributed by atoms with Gasteiger partial charge < -0.3 is 4.74 Å². The molecule has 1 unspecified atom stereocenters. The number of hydrogen-bond donors (Lipinski definition) is 0. The first-order chi connectivity index (χ1) is 11.0. The van der Waals surface area contributed by atoms with Crippen molar-refractivity contribution in [3.8, 4) is 0 Å². The van der Waals surface area contributed by atoms with Crippen LogP contribution in [0.15, 0.2) is 36.5 Å². The molecule has 0 fully saturated rings. The van der Waals surface area contributed by atoms with E-state index in [1.807, 2.05) is 12.2 Å². The second-order valence-electron chi connectivity index (χ2n) is 4.84. The molecule has 130 valence electrons. The highest BCUT2D eigenvalue weighted by atomic mass is 35.6. The molecule has 0 aromatic carbocycles. The van der Waals surface area contributed by atoms with Crippen molar-refractivity contribution in [2.75, 3.05) is 7.11 Å². The Morgan fingerprint density at radius 3 is 1.96 bits per heavy atom. The van der Waals surface area contributed by atoms with Gasteiger partial charge in [-0.25, -0.2) is 15.0 Å². The molecule has 0 bridgehead atoms. The van der Waals surface area contributed by atoms with Gasteiger partial charge in [-0.1, -0.05) is 94.4 Å². The Hall–Kier alpha value is -0.0700. The first-order valence-electron chi connectivity index (χ1n) is 6.50. The maximum atomic E-state index is 5.89. The van der Waals surface area contributed by atoms with Crippen LogP contribution in [-0.4, -0.2) is 22.1 Å². The van der Waals surface area contributed by atoms with E-state index in [1.165, 1.54) is 7.11 Å². The summed E-state index contributed by atoms with van der Waals surface area (Å²) < 4.78 is 1.78.